The van der Waals surface area contributed by atoms with Gasteiger partial charge in [0.2, 0.25) is 0 Å². The van der Waals surface area contributed by atoms with Crippen molar-refractivity contribution in [3.05, 3.63) is 39.9 Å². The van der Waals surface area contributed by atoms with Crippen LogP contribution in [0.25, 0.3) is 0 Å². The third-order valence-corrected chi connectivity index (χ3v) is 3.53. The van der Waals surface area contributed by atoms with E-state index in [4.69, 9.17) is 4.74 Å². The van der Waals surface area contributed by atoms with Crippen molar-refractivity contribution in [3.63, 3.8) is 0 Å². The van der Waals surface area contributed by atoms with Crippen molar-refractivity contribution in [1.29, 1.82) is 0 Å². The molecule has 0 radical (unpaired) electrons. The van der Waals surface area contributed by atoms with Crippen molar-refractivity contribution >= 4 is 17.7 Å². The monoisotopic (exact) mass is 335 g/mol. The maximum Gasteiger partial charge on any atom is 0.407 e. The number of nitrogens with one attached hydrogen (secondary N) is 2. The van der Waals surface area contributed by atoms with Gasteiger partial charge in [-0.05, 0) is 45.7 Å². The third-order valence-electron chi connectivity index (χ3n) is 3.53. The van der Waals surface area contributed by atoms with Gasteiger partial charge >= 0.3 is 6.09 Å². The normalized spacial score (nSPS) is 19.8. The first-order valence-electron chi connectivity index (χ1n) is 7.69. The van der Waals surface area contributed by atoms with E-state index in [0.29, 0.717) is 18.4 Å². The Bertz CT molecular complexity index is 630. The zero-order chi connectivity index (χ0) is 17.9. The number of rotatable bonds is 4. The van der Waals surface area contributed by atoms with Crippen molar-refractivity contribution in [1.82, 2.24) is 10.6 Å². The molecule has 1 saturated carbocycles. The summed E-state index contributed by atoms with van der Waals surface area (Å²) >= 11 is 0. The molecule has 8 nitrogen and oxygen atoms in total. The first-order valence-corrected chi connectivity index (χ1v) is 7.69. The predicted octanol–water partition coefficient (Wildman–Crippen LogP) is 2.38. The number of nitrogens with zero attached hydrogens (tertiary/aromatic N) is 1. The van der Waals surface area contributed by atoms with E-state index < -0.39 is 16.6 Å². The second-order valence-corrected chi connectivity index (χ2v) is 6.79. The van der Waals surface area contributed by atoms with Gasteiger partial charge in [-0.1, -0.05) is 0 Å². The molecule has 0 heterocycles. The zero-order valence-electron chi connectivity index (χ0n) is 13.9. The van der Waals surface area contributed by atoms with Gasteiger partial charge in [-0.25, -0.2) is 4.79 Å². The maximum atomic E-state index is 12.1. The summed E-state index contributed by atoms with van der Waals surface area (Å²) in [5, 5.41) is 16.2. The van der Waals surface area contributed by atoms with E-state index in [0.717, 1.165) is 0 Å². The SMILES string of the molecule is CC(C)(C)OC(=O)NC1CC(NC(=O)c2ccc([N+](=O)[O-])cc2)C1. The fraction of sp³-hybridized carbons (Fsp3) is 0.500. The molecule has 1 aromatic rings. The molecule has 0 unspecified atom stereocenters. The smallest absolute Gasteiger partial charge is 0.407 e. The molecule has 8 heteroatoms. The van der Waals surface area contributed by atoms with Crippen LogP contribution in [-0.4, -0.2) is 34.6 Å². The van der Waals surface area contributed by atoms with Crippen LogP contribution in [0.5, 0.6) is 0 Å². The average Bonchev–Trinajstić information content (AvgIpc) is 2.43. The molecule has 0 saturated heterocycles. The van der Waals surface area contributed by atoms with Crippen molar-refractivity contribution in [2.24, 2.45) is 0 Å². The fourth-order valence-corrected chi connectivity index (χ4v) is 2.33. The number of carbonyl (C=O) groups excluding carboxylic acids is 2. The van der Waals surface area contributed by atoms with E-state index in [1.165, 1.54) is 24.3 Å². The van der Waals surface area contributed by atoms with Gasteiger partial charge in [0.25, 0.3) is 11.6 Å². The number of nitro benzene ring substituents is 1. The summed E-state index contributed by atoms with van der Waals surface area (Å²) < 4.78 is 5.17. The van der Waals surface area contributed by atoms with Gasteiger partial charge in [0, 0.05) is 29.8 Å². The second kappa shape index (κ2) is 6.86. The van der Waals surface area contributed by atoms with E-state index in [9.17, 15) is 19.7 Å². The average molecular weight is 335 g/mol. The van der Waals surface area contributed by atoms with Crippen LogP contribution in [0.15, 0.2) is 24.3 Å². The van der Waals surface area contributed by atoms with Crippen molar-refractivity contribution in [3.8, 4) is 0 Å². The Morgan fingerprint density at radius 2 is 1.67 bits per heavy atom. The number of hydrogen-bond acceptors (Lipinski definition) is 5. The Balaban J connectivity index is 1.75. The molecular weight excluding hydrogens is 314 g/mol. The maximum absolute atomic E-state index is 12.1. The lowest BCUT2D eigenvalue weighted by Gasteiger charge is -2.36. The number of benzene rings is 1. The lowest BCUT2D eigenvalue weighted by atomic mass is 9.86. The quantitative estimate of drug-likeness (QED) is 0.648. The molecule has 0 bridgehead atoms. The number of non-ortho nitro benzene ring substituents is 1. The minimum absolute atomic E-state index is 0.0259. The highest BCUT2D eigenvalue weighted by atomic mass is 16.6. The van der Waals surface area contributed by atoms with Crippen molar-refractivity contribution in [2.75, 3.05) is 0 Å². The van der Waals surface area contributed by atoms with Crippen LogP contribution in [0.2, 0.25) is 0 Å². The zero-order valence-corrected chi connectivity index (χ0v) is 13.9. The second-order valence-electron chi connectivity index (χ2n) is 6.79. The Morgan fingerprint density at radius 3 is 2.17 bits per heavy atom. The molecule has 2 amide bonds. The van der Waals surface area contributed by atoms with Gasteiger partial charge in [0.1, 0.15) is 5.60 Å². The number of nitro groups is 1. The number of alkyl carbamates (subject to hydrolysis) is 1. The van der Waals surface area contributed by atoms with Gasteiger partial charge in [-0.15, -0.1) is 0 Å². The molecule has 1 fully saturated rings. The summed E-state index contributed by atoms with van der Waals surface area (Å²) in [5.74, 6) is -0.286. The number of hydrogen-bond donors (Lipinski definition) is 2. The van der Waals surface area contributed by atoms with Gasteiger partial charge in [-0.3, -0.25) is 14.9 Å². The predicted molar refractivity (Wildman–Crippen MR) is 86.7 cm³/mol. The lowest BCUT2D eigenvalue weighted by molar-refractivity contribution is -0.384. The topological polar surface area (TPSA) is 111 Å². The highest BCUT2D eigenvalue weighted by Crippen LogP contribution is 2.21. The summed E-state index contributed by atoms with van der Waals surface area (Å²) in [5.41, 5.74) is -0.238. The van der Waals surface area contributed by atoms with Gasteiger partial charge < -0.3 is 15.4 Å². The van der Waals surface area contributed by atoms with E-state index in [1.54, 1.807) is 20.8 Å². The molecule has 1 aromatic carbocycles. The minimum Gasteiger partial charge on any atom is -0.444 e. The summed E-state index contributed by atoms with van der Waals surface area (Å²) in [7, 11) is 0. The molecule has 24 heavy (non-hydrogen) atoms. The molecular formula is C16H21N3O5. The van der Waals surface area contributed by atoms with Crippen molar-refractivity contribution < 1.29 is 19.2 Å². The van der Waals surface area contributed by atoms with Gasteiger partial charge in [0.05, 0.1) is 4.92 Å². The summed E-state index contributed by atoms with van der Waals surface area (Å²) in [6, 6.07) is 5.37. The molecule has 1 aliphatic rings. The largest absolute Gasteiger partial charge is 0.444 e. The molecule has 2 rings (SSSR count). The van der Waals surface area contributed by atoms with Gasteiger partial charge in [0.15, 0.2) is 0 Å². The number of amides is 2. The van der Waals surface area contributed by atoms with Gasteiger partial charge in [-0.2, -0.15) is 0 Å². The first-order chi connectivity index (χ1) is 11.1. The molecule has 0 aliphatic heterocycles. The highest BCUT2D eigenvalue weighted by molar-refractivity contribution is 5.94. The van der Waals surface area contributed by atoms with E-state index in [-0.39, 0.29) is 23.7 Å². The molecule has 2 N–H and O–H groups in total. The lowest BCUT2D eigenvalue weighted by Crippen LogP contribution is -2.54. The Morgan fingerprint density at radius 1 is 1.12 bits per heavy atom. The van der Waals surface area contributed by atoms with E-state index in [1.807, 2.05) is 0 Å². The molecule has 0 aromatic heterocycles. The summed E-state index contributed by atoms with van der Waals surface area (Å²) in [6.45, 7) is 5.38. The number of carbonyl (C=O) groups is 2. The minimum atomic E-state index is -0.544. The Labute approximate surface area is 139 Å². The summed E-state index contributed by atoms with van der Waals surface area (Å²) in [4.78, 5) is 33.7. The molecule has 130 valence electrons. The third kappa shape index (κ3) is 4.94. The summed E-state index contributed by atoms with van der Waals surface area (Å²) in [6.07, 6.45) is 0.781. The van der Waals surface area contributed by atoms with E-state index in [2.05, 4.69) is 10.6 Å². The fourth-order valence-electron chi connectivity index (χ4n) is 2.33. The number of ether oxygens (including phenoxy) is 1. The van der Waals surface area contributed by atoms with Crippen LogP contribution in [0.1, 0.15) is 44.0 Å². The first kappa shape index (κ1) is 17.7. The van der Waals surface area contributed by atoms with Crippen LogP contribution in [0.3, 0.4) is 0 Å². The molecule has 1 aliphatic carbocycles. The van der Waals surface area contributed by atoms with Crippen LogP contribution < -0.4 is 10.6 Å². The van der Waals surface area contributed by atoms with Crippen molar-refractivity contribution in [2.45, 2.75) is 51.3 Å². The van der Waals surface area contributed by atoms with Crippen LogP contribution in [0.4, 0.5) is 10.5 Å². The molecule has 0 spiro atoms. The highest BCUT2D eigenvalue weighted by Gasteiger charge is 2.32. The standard InChI is InChI=1S/C16H21N3O5/c1-16(2,3)24-15(21)18-12-8-11(9-12)17-14(20)10-4-6-13(7-5-10)19(22)23/h4-7,11-12H,8-9H2,1-3H3,(H,17,20)(H,18,21). The van der Waals surface area contributed by atoms with Crippen LogP contribution in [-0.2, 0) is 4.74 Å². The molecule has 0 atom stereocenters. The Kier molecular flexibility index (Phi) is 5.06. The van der Waals surface area contributed by atoms with Crippen LogP contribution >= 0.6 is 0 Å². The van der Waals surface area contributed by atoms with E-state index >= 15 is 0 Å². The van der Waals surface area contributed by atoms with Crippen LogP contribution in [0, 0.1) is 10.1 Å². The Hall–Kier alpha value is -2.64.